The molecule has 1 unspecified atom stereocenters. The van der Waals surface area contributed by atoms with Crippen LogP contribution in [0.25, 0.3) is 22.0 Å². The van der Waals surface area contributed by atoms with Gasteiger partial charge in [0.1, 0.15) is 40.9 Å². The highest BCUT2D eigenvalue weighted by atomic mass is 35.5. The third kappa shape index (κ3) is 11.9. The Hall–Kier alpha value is -6.16. The number of alkyl halides is 8. The number of hydrogen-bond acceptors (Lipinski definition) is 13. The second kappa shape index (κ2) is 19.9. The number of anilines is 1. The molecule has 0 aliphatic heterocycles. The maximum Gasteiger partial charge on any atom is 0.472 e. The Morgan fingerprint density at radius 3 is 2.18 bits per heavy atom. The van der Waals surface area contributed by atoms with Crippen molar-refractivity contribution in [3.05, 3.63) is 93.0 Å². The number of nitrogens with one attached hydrogen (secondary N) is 1. The van der Waals surface area contributed by atoms with Crippen LogP contribution in [0, 0.1) is 41.2 Å². The molecule has 0 bridgehead atoms. The number of sulfone groups is 1. The van der Waals surface area contributed by atoms with Crippen LogP contribution in [0.5, 0.6) is 0 Å². The first-order valence-electron chi connectivity index (χ1n) is 22.5. The molecule has 2 fully saturated rings. The molecule has 2 saturated carbocycles. The van der Waals surface area contributed by atoms with E-state index < -0.39 is 193 Å². The number of fused-ring (bicyclic) bond motifs is 4. The van der Waals surface area contributed by atoms with Gasteiger partial charge in [-0.25, -0.2) is 39.7 Å². The number of phosphoric ester groups is 1. The first kappa shape index (κ1) is 58.0. The number of nitrogens with zero attached hydrogens (tertiary/aromatic N) is 6. The van der Waals surface area contributed by atoms with Crippen LogP contribution in [0.1, 0.15) is 72.6 Å². The van der Waals surface area contributed by atoms with Crippen LogP contribution in [-0.4, -0.2) is 99.2 Å². The van der Waals surface area contributed by atoms with Crippen LogP contribution in [0.3, 0.4) is 0 Å². The van der Waals surface area contributed by atoms with Crippen LogP contribution in [0.4, 0.5) is 49.7 Å². The lowest BCUT2D eigenvalue weighted by Crippen LogP contribution is -2.38. The third-order valence-corrected chi connectivity index (χ3v) is 16.6. The van der Waals surface area contributed by atoms with Crippen LogP contribution >= 0.6 is 19.4 Å². The summed E-state index contributed by atoms with van der Waals surface area (Å²) >= 11 is 6.64. The lowest BCUT2D eigenvalue weighted by atomic mass is 9.93. The summed E-state index contributed by atoms with van der Waals surface area (Å²) in [6, 6.07) is 4.36. The SMILES string of the molecule is CC(C)(C#Cc1ccc(-c2ccc(Cl)c3c(N(C(=O)[C@H]4C[C@H]4C(=O)OCOP(=O)(O)O)S(C)(=O)=O)nn(CC(F)(F)F)c23)c([C@H](Cc2cc(F)cc(F)c2)NC(=O)Cn2nc(C(F)(F)F)c3c2C(F)(F)[C@@H]2CC32)n1)S(C)(=O)=O. The Bertz CT molecular complexity index is 3670. The summed E-state index contributed by atoms with van der Waals surface area (Å²) in [6.07, 6.45) is -10.7. The van der Waals surface area contributed by atoms with E-state index in [0.29, 0.717) is 12.3 Å². The smallest absolute Gasteiger partial charge is 0.438 e. The van der Waals surface area contributed by atoms with Crippen molar-refractivity contribution in [3.63, 3.8) is 0 Å². The van der Waals surface area contributed by atoms with Crippen molar-refractivity contribution in [2.75, 3.05) is 23.6 Å². The van der Waals surface area contributed by atoms with E-state index in [1.807, 2.05) is 0 Å². The molecule has 0 radical (unpaired) electrons. The summed E-state index contributed by atoms with van der Waals surface area (Å²) < 4.78 is 218. The van der Waals surface area contributed by atoms with E-state index in [4.69, 9.17) is 21.4 Å². The van der Waals surface area contributed by atoms with Gasteiger partial charge in [0, 0.05) is 34.9 Å². The predicted molar refractivity (Wildman–Crippen MR) is 251 cm³/mol. The largest absolute Gasteiger partial charge is 0.472 e. The average Bonchev–Trinajstić information content (AvgIpc) is 4.30. The predicted octanol–water partition coefficient (Wildman–Crippen LogP) is 6.83. The molecule has 0 spiro atoms. The summed E-state index contributed by atoms with van der Waals surface area (Å²) in [5.74, 6) is -12.3. The molecule has 5 atom stereocenters. The highest BCUT2D eigenvalue weighted by Crippen LogP contribution is 2.68. The van der Waals surface area contributed by atoms with Gasteiger partial charge in [-0.2, -0.15) is 49.6 Å². The molecule has 78 heavy (non-hydrogen) atoms. The van der Waals surface area contributed by atoms with E-state index >= 15 is 8.78 Å². The van der Waals surface area contributed by atoms with Gasteiger partial charge in [0.15, 0.2) is 21.3 Å². The number of benzene rings is 2. The number of carbonyl (C=O) groups excluding carboxylic acids is 3. The fourth-order valence-electron chi connectivity index (χ4n) is 8.96. The molecule has 3 heterocycles. The van der Waals surface area contributed by atoms with E-state index in [-0.39, 0.29) is 36.9 Å². The monoisotopic (exact) mass is 1190 g/mol. The minimum atomic E-state index is -5.26. The second-order valence-corrected chi connectivity index (χ2v) is 25.1. The van der Waals surface area contributed by atoms with Crippen molar-refractivity contribution in [2.45, 2.75) is 81.2 Å². The van der Waals surface area contributed by atoms with Gasteiger partial charge in [-0.15, -0.1) is 0 Å². The zero-order chi connectivity index (χ0) is 57.8. The second-order valence-electron chi connectivity index (χ2n) is 19.0. The number of ether oxygens (including phenoxy) is 1. The summed E-state index contributed by atoms with van der Waals surface area (Å²) in [7, 11) is -14.1. The molecule has 3 aliphatic carbocycles. The zero-order valence-electron chi connectivity index (χ0n) is 40.3. The maximum absolute atomic E-state index is 15.6. The molecule has 5 aromatic rings. The number of aromatic nitrogens is 5. The number of rotatable bonds is 16. The third-order valence-electron chi connectivity index (χ3n) is 12.9. The number of sulfonamides is 1. The topological polar surface area (TPSA) is 259 Å². The summed E-state index contributed by atoms with van der Waals surface area (Å²) in [5, 5.41) is 8.38. The Labute approximate surface area is 439 Å². The molecule has 0 saturated heterocycles. The quantitative estimate of drug-likeness (QED) is 0.0301. The fourth-order valence-corrected chi connectivity index (χ4v) is 10.5. The average molecular weight is 1190 g/mol. The molecule has 2 amide bonds. The number of carbonyl (C=O) groups is 3. The number of amides is 2. The van der Waals surface area contributed by atoms with Gasteiger partial charge in [0.2, 0.25) is 28.6 Å². The molecule has 19 nitrogen and oxygen atoms in total. The van der Waals surface area contributed by atoms with Gasteiger partial charge in [-0.05, 0) is 80.8 Å². The summed E-state index contributed by atoms with van der Waals surface area (Å²) in [4.78, 5) is 63.3. The van der Waals surface area contributed by atoms with Crippen LogP contribution in [0.2, 0.25) is 5.02 Å². The number of halogens is 11. The Morgan fingerprint density at radius 2 is 1.59 bits per heavy atom. The van der Waals surface area contributed by atoms with Crippen molar-refractivity contribution in [2.24, 2.45) is 17.8 Å². The minimum absolute atomic E-state index is 0.0475. The molecule has 2 aromatic carbocycles. The van der Waals surface area contributed by atoms with Gasteiger partial charge >= 0.3 is 26.1 Å². The highest BCUT2D eigenvalue weighted by molar-refractivity contribution is 7.93. The molecule has 3 N–H and O–H groups in total. The van der Waals surface area contributed by atoms with Gasteiger partial charge < -0.3 is 19.8 Å². The molecule has 3 aromatic heterocycles. The molecule has 8 rings (SSSR count). The normalized spacial score (nSPS) is 19.3. The molecule has 3 aliphatic rings. The van der Waals surface area contributed by atoms with Crippen molar-refractivity contribution in [1.82, 2.24) is 29.9 Å². The number of phosphoric acid groups is 1. The molecule has 33 heteroatoms. The van der Waals surface area contributed by atoms with E-state index in [2.05, 4.69) is 41.6 Å². The zero-order valence-corrected chi connectivity index (χ0v) is 43.5. The van der Waals surface area contributed by atoms with Crippen molar-refractivity contribution in [3.8, 4) is 23.0 Å². The number of esters is 1. The standard InChI is InChI=1S/C45H39ClF10N7O12PS2/c1-42(2,77(3,70)71)10-9-23-5-6-24(35(57-23)31(13-20-11-21(47)14-22(48)12-20)58-32(64)17-61-38-33(37(59-61)45(54,55)56)28-16-29(28)44(38,52)53)25-7-8-30(46)34-36(25)62(18-43(49,50)51)60-39(34)63(78(4,72)73)40(65)26-15-27(26)41(66)74-19-75-76(67,68)69/h5-8,11-12,14,26-29,31H,13,15-19H2,1-4H3,(H,58,64)(H2,67,68,69)/t26-,27+,28?,29+,31-/m0/s1. The van der Waals surface area contributed by atoms with E-state index in [1.54, 1.807) is 0 Å². The highest BCUT2D eigenvalue weighted by Gasteiger charge is 2.68. The minimum Gasteiger partial charge on any atom is -0.438 e. The van der Waals surface area contributed by atoms with E-state index in [0.717, 1.165) is 42.7 Å². The first-order chi connectivity index (χ1) is 35.8. The Morgan fingerprint density at radius 1 is 0.949 bits per heavy atom. The maximum atomic E-state index is 15.6. The molecular formula is C45H39ClF10N7O12PS2. The van der Waals surface area contributed by atoms with Gasteiger partial charge in [0.05, 0.1) is 45.8 Å². The summed E-state index contributed by atoms with van der Waals surface area (Å²) in [6.45, 7) is -2.31. The van der Waals surface area contributed by atoms with Crippen LogP contribution in [0.15, 0.2) is 42.5 Å². The molecular weight excluding hydrogens is 1150 g/mol. The van der Waals surface area contributed by atoms with Crippen molar-refractivity contribution < 1.29 is 98.7 Å². The lowest BCUT2D eigenvalue weighted by Gasteiger charge is -2.23. The fraction of sp³-hybridized carbons (Fsp3) is 0.422. The summed E-state index contributed by atoms with van der Waals surface area (Å²) in [5.41, 5.74) is -6.42. The van der Waals surface area contributed by atoms with Gasteiger partial charge in [0.25, 0.3) is 5.92 Å². The number of pyridine rings is 1. The Balaban J connectivity index is 1.32. The van der Waals surface area contributed by atoms with E-state index in [1.165, 1.54) is 13.8 Å². The van der Waals surface area contributed by atoms with Gasteiger partial charge in [-0.1, -0.05) is 23.6 Å². The van der Waals surface area contributed by atoms with Crippen LogP contribution < -0.4 is 9.62 Å². The van der Waals surface area contributed by atoms with Gasteiger partial charge in [-0.3, -0.25) is 23.7 Å². The van der Waals surface area contributed by atoms with Crippen molar-refractivity contribution >= 4 is 73.8 Å². The Kier molecular flexibility index (Phi) is 14.8. The molecule has 420 valence electrons. The first-order valence-corrected chi connectivity index (χ1v) is 28.1. The van der Waals surface area contributed by atoms with Crippen molar-refractivity contribution in [1.29, 1.82) is 0 Å². The van der Waals surface area contributed by atoms with E-state index in [9.17, 15) is 70.9 Å². The lowest BCUT2D eigenvalue weighted by molar-refractivity contribution is -0.153. The number of hydrogen-bond donors (Lipinski definition) is 3. The van der Waals surface area contributed by atoms with Crippen LogP contribution in [-0.2, 0) is 79.7 Å².